The van der Waals surface area contributed by atoms with Crippen molar-refractivity contribution in [3.05, 3.63) is 145 Å². The molecule has 2 heterocycles. The number of fused-ring (bicyclic) bond motifs is 6. The Morgan fingerprint density at radius 2 is 1.00 bits per heavy atom. The van der Waals surface area contributed by atoms with Crippen molar-refractivity contribution in [1.82, 2.24) is 9.13 Å². The lowest BCUT2D eigenvalue weighted by molar-refractivity contribution is 1.15. The van der Waals surface area contributed by atoms with Crippen molar-refractivity contribution in [2.24, 2.45) is 0 Å². The zero-order valence-corrected chi connectivity index (χ0v) is 22.5. The van der Waals surface area contributed by atoms with Gasteiger partial charge in [-0.1, -0.05) is 84.9 Å². The molecule has 0 unspecified atom stereocenters. The van der Waals surface area contributed by atoms with Gasteiger partial charge in [-0.3, -0.25) is 0 Å². The predicted octanol–water partition coefficient (Wildman–Crippen LogP) is 9.29. The number of hydrogen-bond donors (Lipinski definition) is 0. The molecule has 8 rings (SSSR count). The van der Waals surface area contributed by atoms with Gasteiger partial charge in [0.25, 0.3) is 0 Å². The minimum absolute atomic E-state index is 0.370. The molecule has 4 heteroatoms. The molecule has 0 radical (unpaired) electrons. The Morgan fingerprint density at radius 1 is 0.429 bits per heavy atom. The summed E-state index contributed by atoms with van der Waals surface area (Å²) in [5, 5.41) is 24.7. The van der Waals surface area contributed by atoms with Gasteiger partial charge in [0, 0.05) is 38.4 Å². The summed E-state index contributed by atoms with van der Waals surface area (Å²) >= 11 is 0. The van der Waals surface area contributed by atoms with E-state index in [2.05, 4.69) is 130 Å². The Kier molecular flexibility index (Phi) is 5.22. The molecule has 0 spiro atoms. The maximum absolute atomic E-state index is 10.3. The highest BCUT2D eigenvalue weighted by molar-refractivity contribution is 6.14. The standard InChI is InChI=1S/C38H22N4/c39-23-25-11-10-17-27(33(25)24-40)31-21-32-30-16-6-7-18-34(30)41(26-12-2-1-3-13-26)37(32)22-38(31)42-35-19-8-4-14-28(35)29-15-5-9-20-36(29)42/h1-22H. The van der Waals surface area contributed by atoms with Crippen LogP contribution in [0, 0.1) is 22.7 Å². The molecule has 0 fully saturated rings. The average molecular weight is 535 g/mol. The van der Waals surface area contributed by atoms with Crippen LogP contribution in [0.1, 0.15) is 11.1 Å². The van der Waals surface area contributed by atoms with Gasteiger partial charge in [-0.2, -0.15) is 10.5 Å². The topological polar surface area (TPSA) is 57.4 Å². The Hall–Kier alpha value is -6.10. The average Bonchev–Trinajstić information content (AvgIpc) is 3.56. The van der Waals surface area contributed by atoms with Crippen molar-refractivity contribution < 1.29 is 0 Å². The van der Waals surface area contributed by atoms with E-state index < -0.39 is 0 Å². The summed E-state index contributed by atoms with van der Waals surface area (Å²) in [5.41, 5.74) is 8.76. The third-order valence-electron chi connectivity index (χ3n) is 8.21. The first-order valence-corrected chi connectivity index (χ1v) is 13.8. The lowest BCUT2D eigenvalue weighted by Gasteiger charge is -2.17. The second-order valence-corrected chi connectivity index (χ2v) is 10.4. The van der Waals surface area contributed by atoms with Gasteiger partial charge in [0.2, 0.25) is 0 Å². The lowest BCUT2D eigenvalue weighted by Crippen LogP contribution is -2.01. The number of rotatable bonds is 3. The van der Waals surface area contributed by atoms with E-state index >= 15 is 0 Å². The monoisotopic (exact) mass is 534 g/mol. The van der Waals surface area contributed by atoms with Gasteiger partial charge in [0.05, 0.1) is 38.9 Å². The molecule has 0 aliphatic rings. The van der Waals surface area contributed by atoms with E-state index in [0.29, 0.717) is 11.1 Å². The molecule has 8 aromatic rings. The van der Waals surface area contributed by atoms with Crippen molar-refractivity contribution in [1.29, 1.82) is 10.5 Å². The molecule has 6 aromatic carbocycles. The van der Waals surface area contributed by atoms with Crippen LogP contribution in [-0.2, 0) is 0 Å². The molecule has 0 saturated heterocycles. The highest BCUT2D eigenvalue weighted by Gasteiger charge is 2.22. The molecule has 0 aliphatic carbocycles. The summed E-state index contributed by atoms with van der Waals surface area (Å²) in [6, 6.07) is 50.3. The van der Waals surface area contributed by atoms with E-state index in [0.717, 1.165) is 66.1 Å². The fourth-order valence-electron chi connectivity index (χ4n) is 6.43. The zero-order valence-electron chi connectivity index (χ0n) is 22.5. The number of aromatic nitrogens is 2. The quantitative estimate of drug-likeness (QED) is 0.227. The summed E-state index contributed by atoms with van der Waals surface area (Å²) < 4.78 is 4.61. The SMILES string of the molecule is N#Cc1cccc(-c2cc3c4ccccc4n(-c4ccccc4)c3cc2-n2c3ccccc3c3ccccc32)c1C#N. The molecule has 0 atom stereocenters. The van der Waals surface area contributed by atoms with Gasteiger partial charge in [-0.15, -0.1) is 0 Å². The second-order valence-electron chi connectivity index (χ2n) is 10.4. The number of nitrogens with zero attached hydrogens (tertiary/aromatic N) is 4. The minimum Gasteiger partial charge on any atom is -0.309 e. The maximum Gasteiger partial charge on any atom is 0.101 e. The number of nitriles is 2. The molecule has 0 N–H and O–H groups in total. The normalized spacial score (nSPS) is 11.3. The summed E-state index contributed by atoms with van der Waals surface area (Å²) in [7, 11) is 0. The Bertz CT molecular complexity index is 2380. The fourth-order valence-corrected chi connectivity index (χ4v) is 6.43. The zero-order chi connectivity index (χ0) is 28.2. The van der Waals surface area contributed by atoms with Crippen molar-refractivity contribution in [3.8, 4) is 34.6 Å². The molecule has 42 heavy (non-hydrogen) atoms. The molecule has 0 amide bonds. The minimum atomic E-state index is 0.370. The third-order valence-corrected chi connectivity index (χ3v) is 8.21. The van der Waals surface area contributed by atoms with Gasteiger partial charge >= 0.3 is 0 Å². The van der Waals surface area contributed by atoms with Crippen LogP contribution in [0.5, 0.6) is 0 Å². The molecule has 4 nitrogen and oxygen atoms in total. The highest BCUT2D eigenvalue weighted by Crippen LogP contribution is 2.42. The summed E-state index contributed by atoms with van der Waals surface area (Å²) in [5.74, 6) is 0. The molecule has 0 aliphatic heterocycles. The smallest absolute Gasteiger partial charge is 0.101 e. The molecule has 194 valence electrons. The molecular weight excluding hydrogens is 512 g/mol. The molecule has 0 saturated carbocycles. The summed E-state index contributed by atoms with van der Waals surface area (Å²) in [6.45, 7) is 0. The van der Waals surface area contributed by atoms with Crippen LogP contribution in [0.4, 0.5) is 0 Å². The number of benzene rings is 6. The van der Waals surface area contributed by atoms with Crippen LogP contribution < -0.4 is 0 Å². The van der Waals surface area contributed by atoms with Crippen LogP contribution in [0.3, 0.4) is 0 Å². The first-order valence-electron chi connectivity index (χ1n) is 13.8. The van der Waals surface area contributed by atoms with Crippen LogP contribution in [0.2, 0.25) is 0 Å². The predicted molar refractivity (Wildman–Crippen MR) is 170 cm³/mol. The first-order chi connectivity index (χ1) is 20.8. The van der Waals surface area contributed by atoms with E-state index in [9.17, 15) is 10.5 Å². The van der Waals surface area contributed by atoms with E-state index in [1.807, 2.05) is 18.2 Å². The van der Waals surface area contributed by atoms with E-state index in [1.54, 1.807) is 6.07 Å². The van der Waals surface area contributed by atoms with E-state index in [4.69, 9.17) is 0 Å². The Morgan fingerprint density at radius 3 is 1.62 bits per heavy atom. The van der Waals surface area contributed by atoms with Gasteiger partial charge < -0.3 is 9.13 Å². The van der Waals surface area contributed by atoms with Gasteiger partial charge in [0.1, 0.15) is 12.1 Å². The van der Waals surface area contributed by atoms with E-state index in [-0.39, 0.29) is 0 Å². The number of hydrogen-bond acceptors (Lipinski definition) is 2. The Labute approximate surface area is 242 Å². The maximum atomic E-state index is 10.3. The van der Waals surface area contributed by atoms with Crippen molar-refractivity contribution in [3.63, 3.8) is 0 Å². The Balaban J connectivity index is 1.61. The van der Waals surface area contributed by atoms with Crippen LogP contribution in [0.25, 0.3) is 66.1 Å². The van der Waals surface area contributed by atoms with Crippen molar-refractivity contribution in [2.75, 3.05) is 0 Å². The molecule has 2 aromatic heterocycles. The third kappa shape index (κ3) is 3.33. The second kappa shape index (κ2) is 9.24. The largest absolute Gasteiger partial charge is 0.309 e. The fraction of sp³-hybridized carbons (Fsp3) is 0. The number of para-hydroxylation sites is 4. The van der Waals surface area contributed by atoms with Crippen molar-refractivity contribution >= 4 is 43.6 Å². The lowest BCUT2D eigenvalue weighted by atomic mass is 9.93. The first kappa shape index (κ1) is 23.8. The van der Waals surface area contributed by atoms with Crippen LogP contribution in [-0.4, -0.2) is 9.13 Å². The highest BCUT2D eigenvalue weighted by atomic mass is 15.0. The van der Waals surface area contributed by atoms with Crippen molar-refractivity contribution in [2.45, 2.75) is 0 Å². The molecule has 0 bridgehead atoms. The van der Waals surface area contributed by atoms with E-state index in [1.165, 1.54) is 0 Å². The molecular formula is C38H22N4. The van der Waals surface area contributed by atoms with Crippen LogP contribution in [0.15, 0.2) is 133 Å². The van der Waals surface area contributed by atoms with Gasteiger partial charge in [-0.05, 0) is 48.5 Å². The van der Waals surface area contributed by atoms with Gasteiger partial charge in [-0.25, -0.2) is 0 Å². The summed E-state index contributed by atoms with van der Waals surface area (Å²) in [6.07, 6.45) is 0. The summed E-state index contributed by atoms with van der Waals surface area (Å²) in [4.78, 5) is 0. The van der Waals surface area contributed by atoms with Gasteiger partial charge in [0.15, 0.2) is 0 Å². The van der Waals surface area contributed by atoms with Crippen LogP contribution >= 0.6 is 0 Å².